The van der Waals surface area contributed by atoms with Gasteiger partial charge in [-0.3, -0.25) is 0 Å². The lowest BCUT2D eigenvalue weighted by molar-refractivity contribution is 0.220. The molecule has 0 bridgehead atoms. The van der Waals surface area contributed by atoms with E-state index in [1.54, 1.807) is 11.9 Å². The number of carbonyl (C=O) groups is 1. The van der Waals surface area contributed by atoms with Gasteiger partial charge in [-0.2, -0.15) is 0 Å². The van der Waals surface area contributed by atoms with Crippen molar-refractivity contribution in [3.8, 4) is 0 Å². The molecule has 104 valence electrons. The third-order valence-corrected chi connectivity index (χ3v) is 2.99. The molecule has 0 saturated carbocycles. The van der Waals surface area contributed by atoms with E-state index in [-0.39, 0.29) is 6.03 Å². The summed E-state index contributed by atoms with van der Waals surface area (Å²) in [4.78, 5) is 13.7. The van der Waals surface area contributed by atoms with E-state index in [0.717, 1.165) is 16.8 Å². The molecule has 0 aliphatic heterocycles. The van der Waals surface area contributed by atoms with E-state index in [2.05, 4.69) is 5.32 Å². The Labute approximate surface area is 119 Å². The number of amides is 2. The zero-order chi connectivity index (χ0) is 14.5. The molecule has 3 N–H and O–H groups in total. The number of nitrogen functional groups attached to an aromatic ring is 1. The second-order valence-electron chi connectivity index (χ2n) is 4.90. The van der Waals surface area contributed by atoms with E-state index < -0.39 is 0 Å². The monoisotopic (exact) mass is 269 g/mol. The van der Waals surface area contributed by atoms with E-state index in [1.165, 1.54) is 0 Å². The number of nitrogens with zero attached hydrogens (tertiary/aromatic N) is 1. The van der Waals surface area contributed by atoms with E-state index in [0.29, 0.717) is 12.2 Å². The van der Waals surface area contributed by atoms with Gasteiger partial charge >= 0.3 is 6.03 Å². The molecule has 0 aromatic heterocycles. The molecule has 2 amide bonds. The zero-order valence-electron chi connectivity index (χ0n) is 11.8. The van der Waals surface area contributed by atoms with Gasteiger partial charge in [0.2, 0.25) is 0 Å². The number of nitrogens with one attached hydrogen (secondary N) is 1. The van der Waals surface area contributed by atoms with Crippen molar-refractivity contribution >= 4 is 17.4 Å². The molecule has 0 atom stereocenters. The normalized spacial score (nSPS) is 10.1. The summed E-state index contributed by atoms with van der Waals surface area (Å²) in [5.74, 6) is 0. The second-order valence-corrected chi connectivity index (χ2v) is 4.90. The minimum atomic E-state index is -0.141. The highest BCUT2D eigenvalue weighted by Gasteiger charge is 2.09. The Morgan fingerprint density at radius 3 is 2.65 bits per heavy atom. The van der Waals surface area contributed by atoms with Crippen LogP contribution in [0.2, 0.25) is 0 Å². The summed E-state index contributed by atoms with van der Waals surface area (Å²) in [6, 6.07) is 15.1. The zero-order valence-corrected chi connectivity index (χ0v) is 11.8. The molecule has 4 nitrogen and oxygen atoms in total. The first kappa shape index (κ1) is 13.9. The van der Waals surface area contributed by atoms with Crippen molar-refractivity contribution < 1.29 is 4.79 Å². The standard InChI is InChI=1S/C16H19N3O/c1-12-5-3-8-15(9-12)18-16(20)19(2)11-13-6-4-7-14(17)10-13/h3-10H,11,17H2,1-2H3,(H,18,20). The van der Waals surface area contributed by atoms with Crippen LogP contribution in [0.3, 0.4) is 0 Å². The molecule has 0 aliphatic carbocycles. The van der Waals surface area contributed by atoms with Crippen LogP contribution in [0.1, 0.15) is 11.1 Å². The Balaban J connectivity index is 1.98. The Bertz CT molecular complexity index is 610. The van der Waals surface area contributed by atoms with Gasteiger partial charge in [-0.25, -0.2) is 4.79 Å². The van der Waals surface area contributed by atoms with Crippen LogP contribution in [0.15, 0.2) is 48.5 Å². The topological polar surface area (TPSA) is 58.4 Å². The van der Waals surface area contributed by atoms with Crippen molar-refractivity contribution in [2.24, 2.45) is 0 Å². The average molecular weight is 269 g/mol. The molecule has 2 aromatic rings. The number of urea groups is 1. The molecule has 4 heteroatoms. The summed E-state index contributed by atoms with van der Waals surface area (Å²) in [6.45, 7) is 2.51. The minimum absolute atomic E-state index is 0.141. The van der Waals surface area contributed by atoms with Crippen molar-refractivity contribution in [1.29, 1.82) is 0 Å². The van der Waals surface area contributed by atoms with Crippen molar-refractivity contribution in [2.75, 3.05) is 18.1 Å². The van der Waals surface area contributed by atoms with Crippen molar-refractivity contribution in [3.63, 3.8) is 0 Å². The van der Waals surface area contributed by atoms with Crippen LogP contribution in [-0.2, 0) is 6.54 Å². The molecular formula is C16H19N3O. The maximum Gasteiger partial charge on any atom is 0.321 e. The summed E-state index contributed by atoms with van der Waals surface area (Å²) < 4.78 is 0. The summed E-state index contributed by atoms with van der Waals surface area (Å²) >= 11 is 0. The van der Waals surface area contributed by atoms with Crippen LogP contribution < -0.4 is 11.1 Å². The smallest absolute Gasteiger partial charge is 0.321 e. The summed E-state index contributed by atoms with van der Waals surface area (Å²) in [6.07, 6.45) is 0. The number of hydrogen-bond donors (Lipinski definition) is 2. The summed E-state index contributed by atoms with van der Waals surface area (Å²) in [5, 5.41) is 2.87. The largest absolute Gasteiger partial charge is 0.399 e. The van der Waals surface area contributed by atoms with Gasteiger partial charge in [0, 0.05) is 25.0 Å². The quantitative estimate of drug-likeness (QED) is 0.840. The molecule has 0 heterocycles. The van der Waals surface area contributed by atoms with Gasteiger partial charge in [-0.05, 0) is 42.3 Å². The minimum Gasteiger partial charge on any atom is -0.399 e. The first-order chi connectivity index (χ1) is 9.54. The Morgan fingerprint density at radius 2 is 1.95 bits per heavy atom. The highest BCUT2D eigenvalue weighted by Crippen LogP contribution is 2.12. The van der Waals surface area contributed by atoms with Crippen molar-refractivity contribution in [1.82, 2.24) is 4.90 Å². The molecule has 0 spiro atoms. The first-order valence-corrected chi connectivity index (χ1v) is 6.48. The number of aryl methyl sites for hydroxylation is 1. The molecule has 0 radical (unpaired) electrons. The average Bonchev–Trinajstić information content (AvgIpc) is 2.38. The lowest BCUT2D eigenvalue weighted by atomic mass is 10.2. The third-order valence-electron chi connectivity index (χ3n) is 2.99. The van der Waals surface area contributed by atoms with E-state index in [4.69, 9.17) is 5.73 Å². The second kappa shape index (κ2) is 6.10. The fourth-order valence-electron chi connectivity index (χ4n) is 1.98. The predicted molar refractivity (Wildman–Crippen MR) is 82.5 cm³/mol. The van der Waals surface area contributed by atoms with E-state index in [1.807, 2.05) is 55.5 Å². The molecule has 2 aromatic carbocycles. The highest BCUT2D eigenvalue weighted by atomic mass is 16.2. The van der Waals surface area contributed by atoms with Gasteiger partial charge in [0.05, 0.1) is 0 Å². The van der Waals surface area contributed by atoms with Gasteiger partial charge in [0.25, 0.3) is 0 Å². The number of nitrogens with two attached hydrogens (primary N) is 1. The van der Waals surface area contributed by atoms with Crippen LogP contribution in [-0.4, -0.2) is 18.0 Å². The Kier molecular flexibility index (Phi) is 4.25. The lowest BCUT2D eigenvalue weighted by Gasteiger charge is -2.18. The Hall–Kier alpha value is -2.49. The maximum absolute atomic E-state index is 12.1. The molecule has 2 rings (SSSR count). The van der Waals surface area contributed by atoms with Crippen molar-refractivity contribution in [3.05, 3.63) is 59.7 Å². The van der Waals surface area contributed by atoms with E-state index in [9.17, 15) is 4.79 Å². The molecule has 20 heavy (non-hydrogen) atoms. The number of benzene rings is 2. The van der Waals surface area contributed by atoms with Gasteiger partial charge in [0.1, 0.15) is 0 Å². The third kappa shape index (κ3) is 3.75. The fourth-order valence-corrected chi connectivity index (χ4v) is 1.98. The van der Waals surface area contributed by atoms with Gasteiger partial charge in [-0.15, -0.1) is 0 Å². The van der Waals surface area contributed by atoms with Crippen LogP contribution in [0, 0.1) is 6.92 Å². The van der Waals surface area contributed by atoms with Gasteiger partial charge in [-0.1, -0.05) is 24.3 Å². The van der Waals surface area contributed by atoms with Crippen LogP contribution in [0.5, 0.6) is 0 Å². The molecule has 0 unspecified atom stereocenters. The summed E-state index contributed by atoms with van der Waals surface area (Å²) in [5.41, 5.74) is 9.35. The van der Waals surface area contributed by atoms with Gasteiger partial charge < -0.3 is 16.0 Å². The fraction of sp³-hybridized carbons (Fsp3) is 0.188. The van der Waals surface area contributed by atoms with Crippen LogP contribution in [0.25, 0.3) is 0 Å². The number of hydrogen-bond acceptors (Lipinski definition) is 2. The Morgan fingerprint density at radius 1 is 1.20 bits per heavy atom. The SMILES string of the molecule is Cc1cccc(NC(=O)N(C)Cc2cccc(N)c2)c1. The van der Waals surface area contributed by atoms with Crippen molar-refractivity contribution in [2.45, 2.75) is 13.5 Å². The maximum atomic E-state index is 12.1. The molecular weight excluding hydrogens is 250 g/mol. The van der Waals surface area contributed by atoms with Crippen LogP contribution in [0.4, 0.5) is 16.2 Å². The molecule has 0 aliphatic rings. The predicted octanol–water partition coefficient (Wildman–Crippen LogP) is 3.24. The van der Waals surface area contributed by atoms with E-state index >= 15 is 0 Å². The number of rotatable bonds is 3. The summed E-state index contributed by atoms with van der Waals surface area (Å²) in [7, 11) is 1.76. The molecule has 0 fully saturated rings. The highest BCUT2D eigenvalue weighted by molar-refractivity contribution is 5.89. The van der Waals surface area contributed by atoms with Gasteiger partial charge in [0.15, 0.2) is 0 Å². The molecule has 0 saturated heterocycles. The first-order valence-electron chi connectivity index (χ1n) is 6.48. The number of carbonyl (C=O) groups excluding carboxylic acids is 1. The van der Waals surface area contributed by atoms with Crippen LogP contribution >= 0.6 is 0 Å². The number of anilines is 2. The lowest BCUT2D eigenvalue weighted by Crippen LogP contribution is -2.30.